The summed E-state index contributed by atoms with van der Waals surface area (Å²) in [6, 6.07) is 5.93. The maximum Gasteiger partial charge on any atom is 0.347 e. The van der Waals surface area contributed by atoms with Crippen LogP contribution in [0.3, 0.4) is 0 Å². The van der Waals surface area contributed by atoms with E-state index in [-0.39, 0.29) is 0 Å². The van der Waals surface area contributed by atoms with E-state index in [9.17, 15) is 4.79 Å². The first-order valence-electron chi connectivity index (χ1n) is 5.84. The van der Waals surface area contributed by atoms with Crippen molar-refractivity contribution in [1.29, 1.82) is 0 Å². The molecule has 0 aliphatic heterocycles. The predicted molar refractivity (Wildman–Crippen MR) is 74.3 cm³/mol. The summed E-state index contributed by atoms with van der Waals surface area (Å²) in [6.07, 6.45) is 0.642. The van der Waals surface area contributed by atoms with Crippen molar-refractivity contribution < 1.29 is 14.6 Å². The van der Waals surface area contributed by atoms with Crippen LogP contribution in [-0.4, -0.2) is 23.2 Å². The lowest BCUT2D eigenvalue weighted by molar-refractivity contribution is 0.0701. The quantitative estimate of drug-likeness (QED) is 0.933. The van der Waals surface area contributed by atoms with Crippen LogP contribution in [-0.2, 0) is 6.42 Å². The molecule has 0 atom stereocenters. The number of hydrogen-bond donors (Lipinski definition) is 1. The fourth-order valence-corrected chi connectivity index (χ4v) is 2.89. The third kappa shape index (κ3) is 2.93. The Bertz CT molecular complexity index is 619. The average Bonchev–Trinajstić information content (AvgIpc) is 2.70. The molecule has 5 heteroatoms. The van der Waals surface area contributed by atoms with Gasteiger partial charge in [0, 0.05) is 6.42 Å². The van der Waals surface area contributed by atoms with E-state index >= 15 is 0 Å². The van der Waals surface area contributed by atoms with Crippen LogP contribution in [0.4, 0.5) is 0 Å². The number of aryl methyl sites for hydroxylation is 2. The first kappa shape index (κ1) is 13.5. The van der Waals surface area contributed by atoms with Gasteiger partial charge in [0.2, 0.25) is 0 Å². The van der Waals surface area contributed by atoms with Crippen molar-refractivity contribution in [3.63, 3.8) is 0 Å². The number of rotatable bonds is 4. The molecule has 0 saturated heterocycles. The minimum atomic E-state index is -0.910. The van der Waals surface area contributed by atoms with Gasteiger partial charge >= 0.3 is 5.97 Å². The number of carbonyl (C=O) groups is 1. The first-order chi connectivity index (χ1) is 9.01. The maximum atomic E-state index is 11.0. The second-order valence-electron chi connectivity index (χ2n) is 4.31. The van der Waals surface area contributed by atoms with E-state index in [1.54, 1.807) is 14.0 Å². The van der Waals surface area contributed by atoms with E-state index in [4.69, 9.17) is 9.84 Å². The van der Waals surface area contributed by atoms with Gasteiger partial charge in [0.05, 0.1) is 17.8 Å². The number of carboxylic acids is 1. The average molecular weight is 277 g/mol. The second-order valence-corrected chi connectivity index (χ2v) is 5.39. The van der Waals surface area contributed by atoms with Gasteiger partial charge in [0.1, 0.15) is 10.6 Å². The molecule has 1 heterocycles. The SMILES string of the molecule is COc1ccc(Cc2nc(C)c(C(=O)O)s2)cc1C. The van der Waals surface area contributed by atoms with Crippen LogP contribution in [0, 0.1) is 13.8 Å². The molecule has 0 saturated carbocycles. The van der Waals surface area contributed by atoms with Gasteiger partial charge in [-0.05, 0) is 31.0 Å². The Morgan fingerprint density at radius 2 is 2.16 bits per heavy atom. The summed E-state index contributed by atoms with van der Waals surface area (Å²) in [6.45, 7) is 3.71. The number of nitrogens with zero attached hydrogens (tertiary/aromatic N) is 1. The summed E-state index contributed by atoms with van der Waals surface area (Å²) < 4.78 is 5.21. The normalized spacial score (nSPS) is 10.5. The van der Waals surface area contributed by atoms with Crippen molar-refractivity contribution >= 4 is 17.3 Å². The van der Waals surface area contributed by atoms with E-state index < -0.39 is 5.97 Å². The molecule has 0 radical (unpaired) electrons. The molecule has 19 heavy (non-hydrogen) atoms. The molecule has 0 aliphatic carbocycles. The monoisotopic (exact) mass is 277 g/mol. The summed E-state index contributed by atoms with van der Waals surface area (Å²) >= 11 is 1.24. The Hall–Kier alpha value is -1.88. The lowest BCUT2D eigenvalue weighted by Gasteiger charge is -2.06. The van der Waals surface area contributed by atoms with Gasteiger partial charge in [0.25, 0.3) is 0 Å². The molecule has 1 aromatic carbocycles. The van der Waals surface area contributed by atoms with Crippen molar-refractivity contribution in [3.8, 4) is 5.75 Å². The number of methoxy groups -OCH3 is 1. The molecule has 0 bridgehead atoms. The predicted octanol–water partition coefficient (Wildman–Crippen LogP) is 3.06. The smallest absolute Gasteiger partial charge is 0.347 e. The van der Waals surface area contributed by atoms with Crippen LogP contribution in [0.2, 0.25) is 0 Å². The van der Waals surface area contributed by atoms with Crippen LogP contribution >= 0.6 is 11.3 Å². The molecular formula is C14H15NO3S. The molecule has 0 unspecified atom stereocenters. The van der Waals surface area contributed by atoms with Gasteiger partial charge in [-0.15, -0.1) is 11.3 Å². The highest BCUT2D eigenvalue weighted by Gasteiger charge is 2.14. The third-order valence-electron chi connectivity index (χ3n) is 2.85. The number of aromatic nitrogens is 1. The zero-order valence-electron chi connectivity index (χ0n) is 11.1. The highest BCUT2D eigenvalue weighted by Crippen LogP contribution is 2.23. The fourth-order valence-electron chi connectivity index (χ4n) is 1.95. The van der Waals surface area contributed by atoms with Gasteiger partial charge in [-0.3, -0.25) is 0 Å². The molecule has 0 aliphatic rings. The largest absolute Gasteiger partial charge is 0.496 e. The first-order valence-corrected chi connectivity index (χ1v) is 6.66. The number of aromatic carboxylic acids is 1. The molecule has 1 aromatic heterocycles. The Morgan fingerprint density at radius 1 is 1.42 bits per heavy atom. The summed E-state index contributed by atoms with van der Waals surface area (Å²) in [5.74, 6) is -0.0579. The zero-order valence-corrected chi connectivity index (χ0v) is 11.9. The van der Waals surface area contributed by atoms with Gasteiger partial charge in [-0.2, -0.15) is 0 Å². The number of thiazole rings is 1. The van der Waals surface area contributed by atoms with Gasteiger partial charge < -0.3 is 9.84 Å². The van der Waals surface area contributed by atoms with E-state index in [0.29, 0.717) is 17.0 Å². The van der Waals surface area contributed by atoms with Crippen LogP contribution in [0.25, 0.3) is 0 Å². The van der Waals surface area contributed by atoms with E-state index in [1.807, 2.05) is 25.1 Å². The van der Waals surface area contributed by atoms with Crippen LogP contribution in [0.5, 0.6) is 5.75 Å². The molecule has 100 valence electrons. The minimum Gasteiger partial charge on any atom is -0.496 e. The minimum absolute atomic E-state index is 0.320. The number of ether oxygens (including phenoxy) is 1. The summed E-state index contributed by atoms with van der Waals surface area (Å²) in [5, 5.41) is 9.83. The van der Waals surface area contributed by atoms with Crippen molar-refractivity contribution in [3.05, 3.63) is 44.9 Å². The van der Waals surface area contributed by atoms with Gasteiger partial charge in [-0.25, -0.2) is 9.78 Å². The topological polar surface area (TPSA) is 59.4 Å². The van der Waals surface area contributed by atoms with E-state index in [0.717, 1.165) is 21.9 Å². The summed E-state index contributed by atoms with van der Waals surface area (Å²) in [5.41, 5.74) is 2.74. The van der Waals surface area contributed by atoms with Gasteiger partial charge in [0.15, 0.2) is 0 Å². The number of carboxylic acid groups (broad SMARTS) is 1. The van der Waals surface area contributed by atoms with Gasteiger partial charge in [-0.1, -0.05) is 12.1 Å². The lowest BCUT2D eigenvalue weighted by Crippen LogP contribution is -1.94. The molecule has 0 amide bonds. The van der Waals surface area contributed by atoms with Crippen molar-refractivity contribution in [1.82, 2.24) is 4.98 Å². The van der Waals surface area contributed by atoms with Crippen molar-refractivity contribution in [2.75, 3.05) is 7.11 Å². The summed E-state index contributed by atoms with van der Waals surface area (Å²) in [4.78, 5) is 15.6. The highest BCUT2D eigenvalue weighted by atomic mass is 32.1. The van der Waals surface area contributed by atoms with Crippen LogP contribution < -0.4 is 4.74 Å². The molecule has 2 aromatic rings. The Balaban J connectivity index is 2.24. The molecule has 0 fully saturated rings. The highest BCUT2D eigenvalue weighted by molar-refractivity contribution is 7.13. The van der Waals surface area contributed by atoms with Crippen LogP contribution in [0.15, 0.2) is 18.2 Å². The molecule has 2 rings (SSSR count). The van der Waals surface area contributed by atoms with Crippen LogP contribution in [0.1, 0.15) is 31.5 Å². The standard InChI is InChI=1S/C14H15NO3S/c1-8-6-10(4-5-11(8)18-3)7-12-15-9(2)13(19-12)14(16)17/h4-6H,7H2,1-3H3,(H,16,17). The van der Waals surface area contributed by atoms with Crippen molar-refractivity contribution in [2.24, 2.45) is 0 Å². The molecule has 1 N–H and O–H groups in total. The fraction of sp³-hybridized carbons (Fsp3) is 0.286. The van der Waals surface area contributed by atoms with E-state index in [1.165, 1.54) is 11.3 Å². The number of benzene rings is 1. The lowest BCUT2D eigenvalue weighted by atomic mass is 10.1. The number of hydrogen-bond acceptors (Lipinski definition) is 4. The Kier molecular flexibility index (Phi) is 3.85. The van der Waals surface area contributed by atoms with Crippen molar-refractivity contribution in [2.45, 2.75) is 20.3 Å². The second kappa shape index (κ2) is 5.40. The molecule has 0 spiro atoms. The molecular weight excluding hydrogens is 262 g/mol. The zero-order chi connectivity index (χ0) is 14.0. The Labute approximate surface area is 115 Å². The maximum absolute atomic E-state index is 11.0. The Morgan fingerprint density at radius 3 is 2.68 bits per heavy atom. The van der Waals surface area contributed by atoms with E-state index in [2.05, 4.69) is 4.98 Å². The molecule has 4 nitrogen and oxygen atoms in total. The third-order valence-corrected chi connectivity index (χ3v) is 4.00. The summed E-state index contributed by atoms with van der Waals surface area (Å²) in [7, 11) is 1.64.